The standard InChI is InChI=1S/C18H28N4OS/c1-4-16-13-22(9-10-24-16)18(19-3)21-12-14-7-6-8-15(11-14)17(23)20-5-2/h6-8,11,16H,4-5,9-10,12-13H2,1-3H3,(H,19,21)(H,20,23). The molecule has 2 N–H and O–H groups in total. The number of benzene rings is 1. The number of amides is 1. The number of hydrogen-bond acceptors (Lipinski definition) is 3. The fourth-order valence-corrected chi connectivity index (χ4v) is 3.94. The van der Waals surface area contributed by atoms with E-state index in [-0.39, 0.29) is 5.91 Å². The Kier molecular flexibility index (Phi) is 7.43. The molecule has 6 heteroatoms. The highest BCUT2D eigenvalue weighted by atomic mass is 32.2. The molecule has 0 bridgehead atoms. The molecule has 2 rings (SSSR count). The molecule has 1 fully saturated rings. The predicted molar refractivity (Wildman–Crippen MR) is 103 cm³/mol. The van der Waals surface area contributed by atoms with Gasteiger partial charge in [0.25, 0.3) is 5.91 Å². The molecule has 132 valence electrons. The maximum Gasteiger partial charge on any atom is 0.251 e. The Hall–Kier alpha value is -1.69. The van der Waals surface area contributed by atoms with E-state index in [4.69, 9.17) is 0 Å². The number of aliphatic imine (C=N–C) groups is 1. The highest BCUT2D eigenvalue weighted by Crippen LogP contribution is 2.21. The van der Waals surface area contributed by atoms with Crippen molar-refractivity contribution in [2.45, 2.75) is 32.1 Å². The summed E-state index contributed by atoms with van der Waals surface area (Å²) in [7, 11) is 1.83. The molecule has 1 amide bonds. The molecule has 1 unspecified atom stereocenters. The second-order valence-electron chi connectivity index (χ2n) is 5.81. The van der Waals surface area contributed by atoms with E-state index in [0.717, 1.165) is 30.4 Å². The zero-order chi connectivity index (χ0) is 17.4. The van der Waals surface area contributed by atoms with Crippen molar-refractivity contribution < 1.29 is 4.79 Å². The summed E-state index contributed by atoms with van der Waals surface area (Å²) in [5.74, 6) is 2.06. The highest BCUT2D eigenvalue weighted by Gasteiger charge is 2.21. The van der Waals surface area contributed by atoms with Crippen molar-refractivity contribution >= 4 is 23.6 Å². The number of nitrogens with one attached hydrogen (secondary N) is 2. The van der Waals surface area contributed by atoms with Crippen molar-refractivity contribution in [3.05, 3.63) is 35.4 Å². The minimum atomic E-state index is -0.0254. The Labute approximate surface area is 149 Å². The number of nitrogens with zero attached hydrogens (tertiary/aromatic N) is 2. The van der Waals surface area contributed by atoms with Crippen LogP contribution in [0.15, 0.2) is 29.3 Å². The Morgan fingerprint density at radius 1 is 1.38 bits per heavy atom. The lowest BCUT2D eigenvalue weighted by atomic mass is 10.1. The average molecular weight is 349 g/mol. The van der Waals surface area contributed by atoms with Gasteiger partial charge in [0, 0.05) is 49.8 Å². The van der Waals surface area contributed by atoms with E-state index in [0.29, 0.717) is 23.9 Å². The normalized spacial score (nSPS) is 18.4. The number of guanidine groups is 1. The lowest BCUT2D eigenvalue weighted by molar-refractivity contribution is 0.0955. The first-order valence-electron chi connectivity index (χ1n) is 8.62. The molecule has 1 aliphatic rings. The summed E-state index contributed by atoms with van der Waals surface area (Å²) in [4.78, 5) is 18.7. The summed E-state index contributed by atoms with van der Waals surface area (Å²) >= 11 is 2.05. The molecule has 5 nitrogen and oxygen atoms in total. The van der Waals surface area contributed by atoms with Gasteiger partial charge in [-0.25, -0.2) is 0 Å². The SMILES string of the molecule is CCNC(=O)c1cccc(CNC(=NC)N2CCSC(CC)C2)c1. The van der Waals surface area contributed by atoms with E-state index < -0.39 is 0 Å². The maximum atomic E-state index is 11.9. The molecule has 0 aromatic heterocycles. The van der Waals surface area contributed by atoms with Crippen molar-refractivity contribution in [1.82, 2.24) is 15.5 Å². The molecule has 1 atom stereocenters. The lowest BCUT2D eigenvalue weighted by Gasteiger charge is -2.34. The van der Waals surface area contributed by atoms with E-state index in [9.17, 15) is 4.79 Å². The van der Waals surface area contributed by atoms with Gasteiger partial charge < -0.3 is 15.5 Å². The molecule has 1 aromatic rings. The first kappa shape index (κ1) is 18.6. The third-order valence-electron chi connectivity index (χ3n) is 4.08. The van der Waals surface area contributed by atoms with Crippen LogP contribution in [0.1, 0.15) is 36.2 Å². The summed E-state index contributed by atoms with van der Waals surface area (Å²) in [6.45, 7) is 7.54. The van der Waals surface area contributed by atoms with Gasteiger partial charge in [-0.05, 0) is 31.0 Å². The first-order chi connectivity index (χ1) is 11.7. The molecule has 1 saturated heterocycles. The number of hydrogen-bond donors (Lipinski definition) is 2. The van der Waals surface area contributed by atoms with Gasteiger partial charge >= 0.3 is 0 Å². The maximum absolute atomic E-state index is 11.9. The van der Waals surface area contributed by atoms with Crippen molar-refractivity contribution in [3.8, 4) is 0 Å². The van der Waals surface area contributed by atoms with Gasteiger partial charge in [-0.1, -0.05) is 19.1 Å². The summed E-state index contributed by atoms with van der Waals surface area (Å²) in [5.41, 5.74) is 1.78. The Morgan fingerprint density at radius 3 is 2.92 bits per heavy atom. The zero-order valence-electron chi connectivity index (χ0n) is 14.8. The lowest BCUT2D eigenvalue weighted by Crippen LogP contribution is -2.47. The van der Waals surface area contributed by atoms with Crippen LogP contribution in [0.4, 0.5) is 0 Å². The van der Waals surface area contributed by atoms with Gasteiger partial charge in [-0.2, -0.15) is 11.8 Å². The average Bonchev–Trinajstić information content (AvgIpc) is 2.63. The largest absolute Gasteiger partial charge is 0.352 e. The van der Waals surface area contributed by atoms with Crippen LogP contribution >= 0.6 is 11.8 Å². The van der Waals surface area contributed by atoms with E-state index in [2.05, 4.69) is 39.2 Å². The minimum Gasteiger partial charge on any atom is -0.352 e. The second kappa shape index (κ2) is 9.57. The second-order valence-corrected chi connectivity index (χ2v) is 7.22. The van der Waals surface area contributed by atoms with Crippen molar-refractivity contribution in [2.75, 3.05) is 32.4 Å². The van der Waals surface area contributed by atoms with Gasteiger partial charge in [0.05, 0.1) is 0 Å². The van der Waals surface area contributed by atoms with E-state index in [1.807, 2.05) is 38.2 Å². The van der Waals surface area contributed by atoms with Gasteiger partial charge in [0.2, 0.25) is 0 Å². The van der Waals surface area contributed by atoms with Gasteiger partial charge in [-0.3, -0.25) is 9.79 Å². The quantitative estimate of drug-likeness (QED) is 0.633. The van der Waals surface area contributed by atoms with Crippen LogP contribution in [0.5, 0.6) is 0 Å². The molecule has 1 aromatic carbocycles. The first-order valence-corrected chi connectivity index (χ1v) is 9.67. The van der Waals surface area contributed by atoms with Gasteiger partial charge in [0.1, 0.15) is 0 Å². The minimum absolute atomic E-state index is 0.0254. The smallest absolute Gasteiger partial charge is 0.251 e. The van der Waals surface area contributed by atoms with Crippen LogP contribution in [0, 0.1) is 0 Å². The highest BCUT2D eigenvalue weighted by molar-refractivity contribution is 8.00. The van der Waals surface area contributed by atoms with Crippen LogP contribution < -0.4 is 10.6 Å². The van der Waals surface area contributed by atoms with Gasteiger partial charge in [-0.15, -0.1) is 0 Å². The Balaban J connectivity index is 1.96. The molecule has 0 saturated carbocycles. The summed E-state index contributed by atoms with van der Waals surface area (Å²) in [6.07, 6.45) is 1.19. The van der Waals surface area contributed by atoms with E-state index in [1.54, 1.807) is 0 Å². The van der Waals surface area contributed by atoms with Gasteiger partial charge in [0.15, 0.2) is 5.96 Å². The fourth-order valence-electron chi connectivity index (χ4n) is 2.76. The van der Waals surface area contributed by atoms with E-state index in [1.165, 1.54) is 6.42 Å². The van der Waals surface area contributed by atoms with Crippen LogP contribution in [0.2, 0.25) is 0 Å². The van der Waals surface area contributed by atoms with Crippen LogP contribution in [-0.2, 0) is 6.54 Å². The monoisotopic (exact) mass is 348 g/mol. The van der Waals surface area contributed by atoms with E-state index >= 15 is 0 Å². The molecule has 0 radical (unpaired) electrons. The number of carbonyl (C=O) groups is 1. The molecule has 0 spiro atoms. The molecule has 1 heterocycles. The fraction of sp³-hybridized carbons (Fsp3) is 0.556. The molecule has 24 heavy (non-hydrogen) atoms. The number of carbonyl (C=O) groups excluding carboxylic acids is 1. The molecule has 1 aliphatic heterocycles. The van der Waals surface area contributed by atoms with Crippen molar-refractivity contribution in [1.29, 1.82) is 0 Å². The van der Waals surface area contributed by atoms with Crippen LogP contribution in [0.3, 0.4) is 0 Å². The Morgan fingerprint density at radius 2 is 2.21 bits per heavy atom. The Bertz CT molecular complexity index is 576. The van der Waals surface area contributed by atoms with Crippen LogP contribution in [-0.4, -0.2) is 54.5 Å². The van der Waals surface area contributed by atoms with Crippen molar-refractivity contribution in [2.24, 2.45) is 4.99 Å². The number of thioether (sulfide) groups is 1. The summed E-state index contributed by atoms with van der Waals surface area (Å²) < 4.78 is 0. The van der Waals surface area contributed by atoms with Crippen molar-refractivity contribution in [3.63, 3.8) is 0 Å². The summed E-state index contributed by atoms with van der Waals surface area (Å²) in [6, 6.07) is 7.74. The molecular weight excluding hydrogens is 320 g/mol. The molecular formula is C18H28N4OS. The predicted octanol–water partition coefficient (Wildman–Crippen LogP) is 2.34. The number of rotatable bonds is 5. The van der Waals surface area contributed by atoms with Crippen LogP contribution in [0.25, 0.3) is 0 Å². The third-order valence-corrected chi connectivity index (χ3v) is 5.45. The third kappa shape index (κ3) is 5.16. The molecule has 0 aliphatic carbocycles. The zero-order valence-corrected chi connectivity index (χ0v) is 15.7. The summed E-state index contributed by atoms with van der Waals surface area (Å²) in [5, 5.41) is 6.95. The topological polar surface area (TPSA) is 56.7 Å².